The van der Waals surface area contributed by atoms with E-state index in [1.165, 1.54) is 37.8 Å². The average Bonchev–Trinajstić information content (AvgIpc) is 3.72. The van der Waals surface area contributed by atoms with Crippen LogP contribution in [0.2, 0.25) is 0 Å². The largest absolute Gasteiger partial charge is 0.309 e. The van der Waals surface area contributed by atoms with Crippen molar-refractivity contribution in [2.45, 2.75) is 0 Å². The van der Waals surface area contributed by atoms with Gasteiger partial charge in [0.05, 0.1) is 33.3 Å². The standard InChI is InChI=1S/C47H29N5/c1-3-14-31(15-4-1)45-37-20-9-11-21-40(37)49-47(50-45)32-24-26-44(48-29-32)52-41-22-12-10-19-35(41)38-27-39-36-25-23-30-13-7-8-18-34(30)46(36)51(42(39)28-43(38)52)33-16-5-2-6-17-33/h1-29H. The molecule has 0 N–H and O–H groups in total. The van der Waals surface area contributed by atoms with Gasteiger partial charge >= 0.3 is 0 Å². The molecule has 242 valence electrons. The van der Waals surface area contributed by atoms with Crippen LogP contribution < -0.4 is 0 Å². The van der Waals surface area contributed by atoms with Crippen LogP contribution in [-0.4, -0.2) is 24.1 Å². The van der Waals surface area contributed by atoms with Crippen LogP contribution in [0.25, 0.3) is 99.4 Å². The van der Waals surface area contributed by atoms with Crippen LogP contribution in [0, 0.1) is 0 Å². The molecular weight excluding hydrogens is 635 g/mol. The van der Waals surface area contributed by atoms with Crippen LogP contribution in [0.3, 0.4) is 0 Å². The SMILES string of the molecule is c1ccc(-c2nc(-c3ccc(-n4c5ccccc5c5cc6c7ccc8ccccc8c7n(-c7ccccc7)c6cc54)nc3)nc3ccccc23)cc1. The van der Waals surface area contributed by atoms with Gasteiger partial charge in [0.1, 0.15) is 5.82 Å². The lowest BCUT2D eigenvalue weighted by molar-refractivity contribution is 1.08. The molecule has 0 aliphatic carbocycles. The monoisotopic (exact) mass is 663 g/mol. The van der Waals surface area contributed by atoms with Crippen molar-refractivity contribution in [2.24, 2.45) is 0 Å². The highest BCUT2D eigenvalue weighted by molar-refractivity contribution is 6.23. The lowest BCUT2D eigenvalue weighted by atomic mass is 10.0. The van der Waals surface area contributed by atoms with Crippen LogP contribution in [0.4, 0.5) is 0 Å². The topological polar surface area (TPSA) is 48.5 Å². The molecule has 0 fully saturated rings. The number of hydrogen-bond acceptors (Lipinski definition) is 3. The minimum atomic E-state index is 0.653. The van der Waals surface area contributed by atoms with Crippen molar-refractivity contribution in [3.63, 3.8) is 0 Å². The second kappa shape index (κ2) is 11.2. The van der Waals surface area contributed by atoms with Gasteiger partial charge in [-0.1, -0.05) is 121 Å². The number of pyridine rings is 1. The summed E-state index contributed by atoms with van der Waals surface area (Å²) in [5.41, 5.74) is 9.47. The third kappa shape index (κ3) is 4.26. The van der Waals surface area contributed by atoms with Crippen LogP contribution in [-0.2, 0) is 0 Å². The van der Waals surface area contributed by atoms with Crippen LogP contribution in [0.15, 0.2) is 176 Å². The summed E-state index contributed by atoms with van der Waals surface area (Å²) in [5.74, 6) is 1.49. The van der Waals surface area contributed by atoms with Gasteiger partial charge in [-0.25, -0.2) is 15.0 Å². The van der Waals surface area contributed by atoms with Crippen LogP contribution in [0.5, 0.6) is 0 Å². The highest BCUT2D eigenvalue weighted by Gasteiger charge is 2.20. The summed E-state index contributed by atoms with van der Waals surface area (Å²) in [6.07, 6.45) is 1.90. The molecule has 0 spiro atoms. The Morgan fingerprint density at radius 3 is 1.92 bits per heavy atom. The van der Waals surface area contributed by atoms with E-state index in [-0.39, 0.29) is 0 Å². The van der Waals surface area contributed by atoms with Gasteiger partial charge in [0.25, 0.3) is 0 Å². The molecule has 0 unspecified atom stereocenters. The van der Waals surface area contributed by atoms with E-state index < -0.39 is 0 Å². The summed E-state index contributed by atoms with van der Waals surface area (Å²) in [6, 6.07) is 59.9. The van der Waals surface area contributed by atoms with E-state index in [0.29, 0.717) is 5.82 Å². The van der Waals surface area contributed by atoms with Gasteiger partial charge in [0.2, 0.25) is 0 Å². The molecule has 0 aliphatic rings. The number of fused-ring (bicyclic) bond motifs is 9. The van der Waals surface area contributed by atoms with Crippen molar-refractivity contribution < 1.29 is 0 Å². The molecule has 5 nitrogen and oxygen atoms in total. The Morgan fingerprint density at radius 1 is 0.404 bits per heavy atom. The van der Waals surface area contributed by atoms with Gasteiger partial charge in [-0.05, 0) is 53.9 Å². The Morgan fingerprint density at radius 2 is 1.10 bits per heavy atom. The zero-order valence-electron chi connectivity index (χ0n) is 28.0. The molecule has 5 heteroatoms. The zero-order chi connectivity index (χ0) is 34.2. The fraction of sp³-hybridized carbons (Fsp3) is 0. The highest BCUT2D eigenvalue weighted by atomic mass is 15.1. The van der Waals surface area contributed by atoms with Crippen molar-refractivity contribution in [2.75, 3.05) is 0 Å². The summed E-state index contributed by atoms with van der Waals surface area (Å²) in [4.78, 5) is 15.2. The normalized spacial score (nSPS) is 11.8. The molecule has 11 aromatic rings. The van der Waals surface area contributed by atoms with Crippen molar-refractivity contribution in [3.05, 3.63) is 176 Å². The molecule has 0 saturated heterocycles. The second-order valence-electron chi connectivity index (χ2n) is 13.3. The van der Waals surface area contributed by atoms with E-state index >= 15 is 0 Å². The smallest absolute Gasteiger partial charge is 0.161 e. The first-order valence-electron chi connectivity index (χ1n) is 17.5. The first-order chi connectivity index (χ1) is 25.8. The van der Waals surface area contributed by atoms with Gasteiger partial charge in [0.15, 0.2) is 5.82 Å². The molecule has 4 aromatic heterocycles. The summed E-state index contributed by atoms with van der Waals surface area (Å²) in [5, 5.41) is 8.34. The van der Waals surface area contributed by atoms with Crippen molar-refractivity contribution in [1.29, 1.82) is 0 Å². The Hall–Kier alpha value is -7.11. The van der Waals surface area contributed by atoms with Gasteiger partial charge in [-0.3, -0.25) is 4.57 Å². The van der Waals surface area contributed by atoms with E-state index in [1.54, 1.807) is 0 Å². The molecule has 0 amide bonds. The Kier molecular flexibility index (Phi) is 6.18. The lowest BCUT2D eigenvalue weighted by Gasteiger charge is -2.11. The third-order valence-electron chi connectivity index (χ3n) is 10.3. The minimum absolute atomic E-state index is 0.653. The Bertz CT molecular complexity index is 3160. The summed E-state index contributed by atoms with van der Waals surface area (Å²) in [6.45, 7) is 0. The van der Waals surface area contributed by atoms with Crippen molar-refractivity contribution in [1.82, 2.24) is 24.1 Å². The fourth-order valence-electron chi connectivity index (χ4n) is 8.00. The summed E-state index contributed by atoms with van der Waals surface area (Å²) in [7, 11) is 0. The van der Waals surface area contributed by atoms with Gasteiger partial charge in [0, 0.05) is 55.3 Å². The second-order valence-corrected chi connectivity index (χ2v) is 13.3. The number of hydrogen-bond donors (Lipinski definition) is 0. The minimum Gasteiger partial charge on any atom is -0.309 e. The molecule has 0 radical (unpaired) electrons. The quantitative estimate of drug-likeness (QED) is 0.188. The third-order valence-corrected chi connectivity index (χ3v) is 10.3. The predicted molar refractivity (Wildman–Crippen MR) is 214 cm³/mol. The van der Waals surface area contributed by atoms with E-state index in [2.05, 4.69) is 143 Å². The van der Waals surface area contributed by atoms with Gasteiger partial charge in [-0.15, -0.1) is 0 Å². The maximum atomic E-state index is 5.10. The molecule has 11 rings (SSSR count). The maximum absolute atomic E-state index is 5.10. The molecule has 0 atom stereocenters. The molecule has 0 saturated carbocycles. The van der Waals surface area contributed by atoms with E-state index in [9.17, 15) is 0 Å². The number of rotatable bonds is 4. The Labute approximate surface area is 298 Å². The molecule has 0 bridgehead atoms. The van der Waals surface area contributed by atoms with E-state index in [0.717, 1.165) is 55.8 Å². The van der Waals surface area contributed by atoms with E-state index in [1.807, 2.05) is 42.6 Å². The fourth-order valence-corrected chi connectivity index (χ4v) is 8.00. The number of para-hydroxylation sites is 3. The number of aromatic nitrogens is 5. The molecule has 7 aromatic carbocycles. The van der Waals surface area contributed by atoms with Crippen LogP contribution >= 0.6 is 0 Å². The molecule has 4 heterocycles. The molecule has 0 aliphatic heterocycles. The van der Waals surface area contributed by atoms with Gasteiger partial charge in [-0.2, -0.15) is 0 Å². The predicted octanol–water partition coefficient (Wildman–Crippen LogP) is 11.7. The van der Waals surface area contributed by atoms with Crippen LogP contribution in [0.1, 0.15) is 0 Å². The number of nitrogens with zero attached hydrogens (tertiary/aromatic N) is 5. The Balaban J connectivity index is 1.14. The summed E-state index contributed by atoms with van der Waals surface area (Å²) < 4.78 is 4.71. The summed E-state index contributed by atoms with van der Waals surface area (Å²) >= 11 is 0. The first-order valence-corrected chi connectivity index (χ1v) is 17.5. The maximum Gasteiger partial charge on any atom is 0.161 e. The number of benzene rings is 7. The van der Waals surface area contributed by atoms with Crippen molar-refractivity contribution in [3.8, 4) is 34.2 Å². The average molecular weight is 664 g/mol. The van der Waals surface area contributed by atoms with Gasteiger partial charge < -0.3 is 4.57 Å². The van der Waals surface area contributed by atoms with E-state index in [4.69, 9.17) is 15.0 Å². The zero-order valence-corrected chi connectivity index (χ0v) is 28.0. The molecular formula is C47H29N5. The molecule has 52 heavy (non-hydrogen) atoms. The highest BCUT2D eigenvalue weighted by Crippen LogP contribution is 2.41. The lowest BCUT2D eigenvalue weighted by Crippen LogP contribution is -1.99. The first kappa shape index (κ1) is 28.7. The van der Waals surface area contributed by atoms with Crippen molar-refractivity contribution >= 4 is 65.3 Å².